The molecule has 0 bridgehead atoms. The fourth-order valence-electron chi connectivity index (χ4n) is 4.86. The highest BCUT2D eigenvalue weighted by Gasteiger charge is 2.31. The largest absolute Gasteiger partial charge is 0.297 e. The van der Waals surface area contributed by atoms with Gasteiger partial charge < -0.3 is 0 Å². The predicted molar refractivity (Wildman–Crippen MR) is 123 cm³/mol. The molecule has 3 aromatic rings. The summed E-state index contributed by atoms with van der Waals surface area (Å²) in [6.07, 6.45) is 8.60. The van der Waals surface area contributed by atoms with Crippen LogP contribution in [-0.2, 0) is 12.8 Å². The van der Waals surface area contributed by atoms with Crippen LogP contribution in [0.2, 0.25) is 0 Å². The van der Waals surface area contributed by atoms with E-state index in [1.807, 2.05) is 6.20 Å². The van der Waals surface area contributed by atoms with Gasteiger partial charge in [-0.05, 0) is 41.2 Å². The fraction of sp³-hybridized carbons (Fsp3) is 0.296. The van der Waals surface area contributed by atoms with Gasteiger partial charge in [-0.25, -0.2) is 0 Å². The average Bonchev–Trinajstić information content (AvgIpc) is 2.97. The second-order valence-electron chi connectivity index (χ2n) is 8.29. The van der Waals surface area contributed by atoms with Crippen LogP contribution in [-0.4, -0.2) is 47.5 Å². The zero-order valence-electron chi connectivity index (χ0n) is 17.5. The Kier molecular flexibility index (Phi) is 5.73. The molecule has 1 fully saturated rings. The van der Waals surface area contributed by atoms with Crippen molar-refractivity contribution in [1.29, 1.82) is 0 Å². The quantitative estimate of drug-likeness (QED) is 0.644. The minimum absolute atomic E-state index is 0.328. The molecule has 1 unspecified atom stereocenters. The van der Waals surface area contributed by atoms with Gasteiger partial charge in [-0.2, -0.15) is 0 Å². The van der Waals surface area contributed by atoms with Gasteiger partial charge >= 0.3 is 0 Å². The monoisotopic (exact) mass is 395 g/mol. The highest BCUT2D eigenvalue weighted by Crippen LogP contribution is 2.36. The number of aryl methyl sites for hydroxylation is 2. The van der Waals surface area contributed by atoms with Crippen molar-refractivity contribution in [2.45, 2.75) is 18.9 Å². The molecule has 0 amide bonds. The summed E-state index contributed by atoms with van der Waals surface area (Å²) in [6.45, 7) is 5.40. The van der Waals surface area contributed by atoms with Gasteiger partial charge in [-0.1, -0.05) is 72.8 Å². The van der Waals surface area contributed by atoms with Crippen molar-refractivity contribution in [2.24, 2.45) is 0 Å². The zero-order valence-corrected chi connectivity index (χ0v) is 17.5. The van der Waals surface area contributed by atoms with Crippen LogP contribution in [0.25, 0.3) is 6.08 Å². The van der Waals surface area contributed by atoms with E-state index in [-0.39, 0.29) is 0 Å². The molecule has 1 aliphatic heterocycles. The molecule has 0 radical (unpaired) electrons. The molecule has 1 aromatic heterocycles. The summed E-state index contributed by atoms with van der Waals surface area (Å²) in [4.78, 5) is 9.97. The maximum absolute atomic E-state index is 4.75. The zero-order chi connectivity index (χ0) is 20.2. The Bertz CT molecular complexity index is 956. The summed E-state index contributed by atoms with van der Waals surface area (Å²) in [5, 5.41) is 0. The fourth-order valence-corrected chi connectivity index (χ4v) is 4.86. The second kappa shape index (κ2) is 8.95. The average molecular weight is 396 g/mol. The molecule has 3 nitrogen and oxygen atoms in total. The first-order valence-electron chi connectivity index (χ1n) is 11.1. The van der Waals surface area contributed by atoms with Crippen molar-refractivity contribution in [3.8, 4) is 0 Å². The van der Waals surface area contributed by atoms with Crippen LogP contribution in [0.4, 0.5) is 0 Å². The lowest BCUT2D eigenvalue weighted by atomic mass is 9.94. The molecule has 2 aromatic carbocycles. The third kappa shape index (κ3) is 4.09. The number of rotatable bonds is 4. The first-order chi connectivity index (χ1) is 14.9. The van der Waals surface area contributed by atoms with Crippen molar-refractivity contribution >= 4 is 6.08 Å². The van der Waals surface area contributed by atoms with Gasteiger partial charge in [-0.15, -0.1) is 0 Å². The molecule has 0 saturated carbocycles. The Balaban J connectivity index is 1.31. The highest BCUT2D eigenvalue weighted by atomic mass is 15.3. The van der Waals surface area contributed by atoms with Crippen molar-refractivity contribution in [3.05, 3.63) is 107 Å². The Morgan fingerprint density at radius 2 is 1.57 bits per heavy atom. The molecule has 30 heavy (non-hydrogen) atoms. The van der Waals surface area contributed by atoms with Gasteiger partial charge in [0, 0.05) is 44.6 Å². The minimum Gasteiger partial charge on any atom is -0.297 e. The summed E-state index contributed by atoms with van der Waals surface area (Å²) in [6, 6.07) is 24.3. The highest BCUT2D eigenvalue weighted by molar-refractivity contribution is 5.48. The number of nitrogens with zero attached hydrogens (tertiary/aromatic N) is 3. The van der Waals surface area contributed by atoms with Gasteiger partial charge in [0.15, 0.2) is 0 Å². The van der Waals surface area contributed by atoms with E-state index in [1.54, 1.807) is 0 Å². The molecule has 3 heteroatoms. The summed E-state index contributed by atoms with van der Waals surface area (Å²) < 4.78 is 0. The lowest BCUT2D eigenvalue weighted by Crippen LogP contribution is -2.47. The van der Waals surface area contributed by atoms with Crippen molar-refractivity contribution in [2.75, 3.05) is 32.7 Å². The SMILES string of the molecule is C(=Cc1ccccc1)CN1CCN(C2c3ccccc3CCc3ncccc32)CC1. The predicted octanol–water partition coefficient (Wildman–Crippen LogP) is 4.60. The van der Waals surface area contributed by atoms with Crippen LogP contribution >= 0.6 is 0 Å². The third-order valence-corrected chi connectivity index (χ3v) is 6.45. The van der Waals surface area contributed by atoms with Crippen molar-refractivity contribution < 1.29 is 0 Å². The molecular weight excluding hydrogens is 366 g/mol. The van der Waals surface area contributed by atoms with Gasteiger partial charge in [0.05, 0.1) is 6.04 Å². The first kappa shape index (κ1) is 19.2. The smallest absolute Gasteiger partial charge is 0.0623 e. The summed E-state index contributed by atoms with van der Waals surface area (Å²) in [5.74, 6) is 0. The first-order valence-corrected chi connectivity index (χ1v) is 11.1. The normalized spacial score (nSPS) is 19.9. The summed E-state index contributed by atoms with van der Waals surface area (Å²) in [7, 11) is 0. The molecule has 2 heterocycles. The van der Waals surface area contributed by atoms with Gasteiger partial charge in [-0.3, -0.25) is 14.8 Å². The van der Waals surface area contributed by atoms with E-state index < -0.39 is 0 Å². The summed E-state index contributed by atoms with van der Waals surface area (Å²) in [5.41, 5.74) is 6.90. The number of piperazine rings is 1. The Morgan fingerprint density at radius 1 is 0.800 bits per heavy atom. The molecule has 1 atom stereocenters. The molecule has 152 valence electrons. The van der Waals surface area contributed by atoms with Gasteiger partial charge in [0.25, 0.3) is 0 Å². The van der Waals surface area contributed by atoms with Gasteiger partial charge in [0.2, 0.25) is 0 Å². The van der Waals surface area contributed by atoms with E-state index >= 15 is 0 Å². The van der Waals surface area contributed by atoms with Crippen LogP contribution in [0, 0.1) is 0 Å². The number of hydrogen-bond acceptors (Lipinski definition) is 3. The number of aromatic nitrogens is 1. The molecule has 1 saturated heterocycles. The maximum atomic E-state index is 4.75. The Hall–Kier alpha value is -2.75. The number of pyridine rings is 1. The lowest BCUT2D eigenvalue weighted by molar-refractivity contribution is 0.117. The van der Waals surface area contributed by atoms with Crippen LogP contribution in [0.5, 0.6) is 0 Å². The molecule has 0 N–H and O–H groups in total. The maximum Gasteiger partial charge on any atom is 0.0623 e. The summed E-state index contributed by atoms with van der Waals surface area (Å²) >= 11 is 0. The molecule has 1 aliphatic carbocycles. The van der Waals surface area contributed by atoms with E-state index in [9.17, 15) is 0 Å². The standard InChI is InChI=1S/C27H29N3/c1-2-8-22(9-3-1)10-7-17-29-18-20-30(21-19-29)27-24-12-5-4-11-23(24)14-15-26-25(27)13-6-16-28-26/h1-13,16,27H,14-15,17-21H2. The van der Waals surface area contributed by atoms with Crippen LogP contribution < -0.4 is 0 Å². The molecular formula is C27H29N3. The second-order valence-corrected chi connectivity index (χ2v) is 8.29. The van der Waals surface area contributed by atoms with Crippen LogP contribution in [0.15, 0.2) is 79.0 Å². The minimum atomic E-state index is 0.328. The van der Waals surface area contributed by atoms with Crippen molar-refractivity contribution in [1.82, 2.24) is 14.8 Å². The third-order valence-electron chi connectivity index (χ3n) is 6.45. The van der Waals surface area contributed by atoms with E-state index in [0.717, 1.165) is 45.6 Å². The molecule has 0 spiro atoms. The topological polar surface area (TPSA) is 19.4 Å². The molecule has 2 aliphatic rings. The Labute approximate surface area is 179 Å². The van der Waals surface area contributed by atoms with E-state index in [4.69, 9.17) is 4.98 Å². The van der Waals surface area contributed by atoms with E-state index in [0.29, 0.717) is 6.04 Å². The number of fused-ring (bicyclic) bond motifs is 2. The van der Waals surface area contributed by atoms with Crippen LogP contribution in [0.3, 0.4) is 0 Å². The lowest BCUT2D eigenvalue weighted by Gasteiger charge is -2.39. The Morgan fingerprint density at radius 3 is 2.43 bits per heavy atom. The number of benzene rings is 2. The van der Waals surface area contributed by atoms with E-state index in [2.05, 4.69) is 88.7 Å². The van der Waals surface area contributed by atoms with Crippen LogP contribution in [0.1, 0.15) is 34.0 Å². The van der Waals surface area contributed by atoms with Crippen molar-refractivity contribution in [3.63, 3.8) is 0 Å². The molecule has 5 rings (SSSR count). The van der Waals surface area contributed by atoms with Gasteiger partial charge in [0.1, 0.15) is 0 Å². The van der Waals surface area contributed by atoms with E-state index in [1.165, 1.54) is 27.9 Å². The number of hydrogen-bond donors (Lipinski definition) is 0.